The summed E-state index contributed by atoms with van der Waals surface area (Å²) in [5.41, 5.74) is 0. The molecule has 0 bridgehead atoms. The Morgan fingerprint density at radius 1 is 1.43 bits per heavy atom. The Labute approximate surface area is 87.4 Å². The number of nitrogens with zero attached hydrogens (tertiary/aromatic N) is 1. The molecule has 0 radical (unpaired) electrons. The fourth-order valence-corrected chi connectivity index (χ4v) is 2.03. The third kappa shape index (κ3) is 3.10. The van der Waals surface area contributed by atoms with E-state index in [1.165, 1.54) is 38.8 Å². The summed E-state index contributed by atoms with van der Waals surface area (Å²) in [4.78, 5) is 2.58. The van der Waals surface area contributed by atoms with E-state index in [0.29, 0.717) is 0 Å². The molecule has 2 aliphatic rings. The van der Waals surface area contributed by atoms with Gasteiger partial charge < -0.3 is 5.32 Å². The van der Waals surface area contributed by atoms with E-state index in [9.17, 15) is 0 Å². The van der Waals surface area contributed by atoms with Crippen molar-refractivity contribution in [3.8, 4) is 0 Å². The third-order valence-electron chi connectivity index (χ3n) is 3.29. The van der Waals surface area contributed by atoms with Crippen molar-refractivity contribution in [3.05, 3.63) is 12.2 Å². The van der Waals surface area contributed by atoms with E-state index < -0.39 is 0 Å². The third-order valence-corrected chi connectivity index (χ3v) is 3.29. The summed E-state index contributed by atoms with van der Waals surface area (Å²) in [6, 6.07) is 1.61. The van der Waals surface area contributed by atoms with Gasteiger partial charge in [-0.2, -0.15) is 0 Å². The molecule has 14 heavy (non-hydrogen) atoms. The Bertz CT molecular complexity index is 196. The summed E-state index contributed by atoms with van der Waals surface area (Å²) in [6.07, 6.45) is 9.94. The highest BCUT2D eigenvalue weighted by atomic mass is 15.1. The van der Waals surface area contributed by atoms with Crippen LogP contribution in [0.3, 0.4) is 0 Å². The zero-order valence-electron chi connectivity index (χ0n) is 9.21. The second kappa shape index (κ2) is 4.94. The van der Waals surface area contributed by atoms with E-state index in [1.54, 1.807) is 0 Å². The van der Waals surface area contributed by atoms with Crippen LogP contribution in [0.5, 0.6) is 0 Å². The highest BCUT2D eigenvalue weighted by Gasteiger charge is 2.20. The first-order valence-electron chi connectivity index (χ1n) is 5.98. The molecule has 1 aliphatic carbocycles. The Balaban J connectivity index is 1.60. The van der Waals surface area contributed by atoms with Crippen molar-refractivity contribution in [3.63, 3.8) is 0 Å². The minimum Gasteiger partial charge on any atom is -0.314 e. The molecule has 1 saturated carbocycles. The van der Waals surface area contributed by atoms with Gasteiger partial charge in [0.1, 0.15) is 0 Å². The van der Waals surface area contributed by atoms with Crippen LogP contribution in [0.4, 0.5) is 0 Å². The summed E-state index contributed by atoms with van der Waals surface area (Å²) in [6.45, 7) is 5.96. The summed E-state index contributed by atoms with van der Waals surface area (Å²) in [7, 11) is 0. The lowest BCUT2D eigenvalue weighted by Crippen LogP contribution is -2.37. The van der Waals surface area contributed by atoms with Gasteiger partial charge in [0.15, 0.2) is 0 Å². The van der Waals surface area contributed by atoms with Gasteiger partial charge in [-0.05, 0) is 39.2 Å². The molecule has 2 nitrogen and oxygen atoms in total. The van der Waals surface area contributed by atoms with Crippen LogP contribution in [0.2, 0.25) is 0 Å². The van der Waals surface area contributed by atoms with Crippen molar-refractivity contribution in [1.29, 1.82) is 0 Å². The summed E-state index contributed by atoms with van der Waals surface area (Å²) >= 11 is 0. The monoisotopic (exact) mass is 194 g/mol. The SMILES string of the molecule is CC(CCNC1CC1)N1CC=CCC1. The van der Waals surface area contributed by atoms with Gasteiger partial charge in [0.2, 0.25) is 0 Å². The molecule has 0 aromatic rings. The average molecular weight is 194 g/mol. The van der Waals surface area contributed by atoms with E-state index in [2.05, 4.69) is 29.3 Å². The van der Waals surface area contributed by atoms with Crippen LogP contribution in [-0.4, -0.2) is 36.6 Å². The van der Waals surface area contributed by atoms with E-state index in [1.807, 2.05) is 0 Å². The van der Waals surface area contributed by atoms with Crippen molar-refractivity contribution in [2.24, 2.45) is 0 Å². The minimum atomic E-state index is 0.742. The van der Waals surface area contributed by atoms with Crippen molar-refractivity contribution >= 4 is 0 Å². The molecule has 0 aromatic heterocycles. The Hall–Kier alpha value is -0.340. The lowest BCUT2D eigenvalue weighted by Gasteiger charge is -2.29. The van der Waals surface area contributed by atoms with Crippen LogP contribution in [0.1, 0.15) is 32.6 Å². The van der Waals surface area contributed by atoms with E-state index in [-0.39, 0.29) is 0 Å². The van der Waals surface area contributed by atoms with Crippen LogP contribution in [0.25, 0.3) is 0 Å². The molecule has 1 fully saturated rings. The molecule has 0 amide bonds. The number of nitrogens with one attached hydrogen (secondary N) is 1. The van der Waals surface area contributed by atoms with E-state index in [4.69, 9.17) is 0 Å². The predicted octanol–water partition coefficient (Wildman–Crippen LogP) is 1.78. The molecule has 0 saturated heterocycles. The highest BCUT2D eigenvalue weighted by molar-refractivity contribution is 4.92. The molecule has 0 aromatic carbocycles. The largest absolute Gasteiger partial charge is 0.314 e. The molecule has 2 heteroatoms. The molecule has 1 unspecified atom stereocenters. The maximum atomic E-state index is 3.58. The van der Waals surface area contributed by atoms with Crippen LogP contribution < -0.4 is 5.32 Å². The van der Waals surface area contributed by atoms with Crippen LogP contribution in [0.15, 0.2) is 12.2 Å². The topological polar surface area (TPSA) is 15.3 Å². The zero-order chi connectivity index (χ0) is 9.80. The second-order valence-electron chi connectivity index (χ2n) is 4.62. The first-order valence-corrected chi connectivity index (χ1v) is 5.98. The van der Waals surface area contributed by atoms with Gasteiger partial charge in [-0.25, -0.2) is 0 Å². The lowest BCUT2D eigenvalue weighted by molar-refractivity contribution is 0.217. The molecule has 1 heterocycles. The van der Waals surface area contributed by atoms with Crippen molar-refractivity contribution < 1.29 is 0 Å². The molecule has 1 atom stereocenters. The molecule has 0 spiro atoms. The molecular formula is C12H22N2. The van der Waals surface area contributed by atoms with Crippen molar-refractivity contribution in [2.75, 3.05) is 19.6 Å². The maximum Gasteiger partial charge on any atom is 0.0166 e. The molecule has 80 valence electrons. The first kappa shape index (κ1) is 10.2. The maximum absolute atomic E-state index is 3.58. The average Bonchev–Trinajstić information content (AvgIpc) is 3.03. The smallest absolute Gasteiger partial charge is 0.0166 e. The zero-order valence-corrected chi connectivity index (χ0v) is 9.21. The summed E-state index contributed by atoms with van der Waals surface area (Å²) in [5.74, 6) is 0. The predicted molar refractivity (Wildman–Crippen MR) is 60.4 cm³/mol. The van der Waals surface area contributed by atoms with Gasteiger partial charge in [0.25, 0.3) is 0 Å². The van der Waals surface area contributed by atoms with Crippen molar-refractivity contribution in [2.45, 2.75) is 44.7 Å². The van der Waals surface area contributed by atoms with Gasteiger partial charge in [-0.3, -0.25) is 4.90 Å². The minimum absolute atomic E-state index is 0.742. The Kier molecular flexibility index (Phi) is 3.60. The number of hydrogen-bond donors (Lipinski definition) is 1. The Morgan fingerprint density at radius 3 is 2.93 bits per heavy atom. The fourth-order valence-electron chi connectivity index (χ4n) is 2.03. The van der Waals surface area contributed by atoms with Gasteiger partial charge in [-0.1, -0.05) is 12.2 Å². The fraction of sp³-hybridized carbons (Fsp3) is 0.833. The highest BCUT2D eigenvalue weighted by Crippen LogP contribution is 2.18. The quantitative estimate of drug-likeness (QED) is 0.671. The second-order valence-corrected chi connectivity index (χ2v) is 4.62. The van der Waals surface area contributed by atoms with Gasteiger partial charge >= 0.3 is 0 Å². The van der Waals surface area contributed by atoms with Gasteiger partial charge in [-0.15, -0.1) is 0 Å². The summed E-state index contributed by atoms with van der Waals surface area (Å²) in [5, 5.41) is 3.58. The van der Waals surface area contributed by atoms with E-state index >= 15 is 0 Å². The number of hydrogen-bond acceptors (Lipinski definition) is 2. The van der Waals surface area contributed by atoms with Gasteiger partial charge in [0.05, 0.1) is 0 Å². The summed E-state index contributed by atoms with van der Waals surface area (Å²) < 4.78 is 0. The van der Waals surface area contributed by atoms with Crippen LogP contribution in [-0.2, 0) is 0 Å². The number of rotatable bonds is 5. The van der Waals surface area contributed by atoms with Crippen LogP contribution >= 0.6 is 0 Å². The van der Waals surface area contributed by atoms with Gasteiger partial charge in [0, 0.05) is 25.2 Å². The van der Waals surface area contributed by atoms with Crippen LogP contribution in [0, 0.1) is 0 Å². The first-order chi connectivity index (χ1) is 6.86. The molecule has 1 N–H and O–H groups in total. The lowest BCUT2D eigenvalue weighted by atomic mass is 10.1. The Morgan fingerprint density at radius 2 is 2.29 bits per heavy atom. The standard InChI is InChI=1S/C12H22N2/c1-11(7-8-13-12-5-6-12)14-9-3-2-4-10-14/h2-3,11-13H,4-10H2,1H3. The molecular weight excluding hydrogens is 172 g/mol. The normalized spacial score (nSPS) is 25.2. The molecule has 2 rings (SSSR count). The molecule has 1 aliphatic heterocycles. The van der Waals surface area contributed by atoms with E-state index in [0.717, 1.165) is 18.6 Å². The van der Waals surface area contributed by atoms with Crippen molar-refractivity contribution in [1.82, 2.24) is 10.2 Å².